The summed E-state index contributed by atoms with van der Waals surface area (Å²) in [6.07, 6.45) is 6.59. The lowest BCUT2D eigenvalue weighted by Crippen LogP contribution is -3.17. The molecular weight excluding hydrogens is 348 g/mol. The molecule has 0 bridgehead atoms. The van der Waals surface area contributed by atoms with Crippen LogP contribution < -0.4 is 10.2 Å². The number of thiophene rings is 1. The van der Waals surface area contributed by atoms with E-state index < -0.39 is 0 Å². The molecule has 1 aliphatic heterocycles. The number of anilines is 1. The maximum Gasteiger partial charge on any atom is 0.341 e. The van der Waals surface area contributed by atoms with Crippen molar-refractivity contribution in [3.05, 3.63) is 16.0 Å². The molecule has 5 nitrogen and oxygen atoms in total. The summed E-state index contributed by atoms with van der Waals surface area (Å²) in [6.45, 7) is 8.16. The maximum atomic E-state index is 12.7. The minimum absolute atomic E-state index is 0.00550. The number of rotatable bonds is 5. The van der Waals surface area contributed by atoms with Crippen LogP contribution in [0, 0.1) is 5.92 Å². The second-order valence-electron chi connectivity index (χ2n) is 7.81. The van der Waals surface area contributed by atoms with E-state index in [9.17, 15) is 9.59 Å². The zero-order valence-electron chi connectivity index (χ0n) is 16.2. The molecule has 3 rings (SSSR count). The van der Waals surface area contributed by atoms with Crippen molar-refractivity contribution in [2.45, 2.75) is 65.3 Å². The van der Waals surface area contributed by atoms with Gasteiger partial charge in [0.15, 0.2) is 6.54 Å². The second kappa shape index (κ2) is 8.53. The summed E-state index contributed by atoms with van der Waals surface area (Å²) in [5.41, 5.74) is 1.70. The van der Waals surface area contributed by atoms with Crippen molar-refractivity contribution in [2.75, 3.05) is 25.0 Å². The van der Waals surface area contributed by atoms with E-state index in [1.807, 2.05) is 6.92 Å². The number of hydrogen-bond acceptors (Lipinski definition) is 4. The molecule has 2 N–H and O–H groups in total. The van der Waals surface area contributed by atoms with E-state index in [1.54, 1.807) is 11.3 Å². The Kier molecular flexibility index (Phi) is 6.35. The first-order valence-electron chi connectivity index (χ1n) is 9.95. The van der Waals surface area contributed by atoms with Crippen molar-refractivity contribution in [3.63, 3.8) is 0 Å². The monoisotopic (exact) mass is 379 g/mol. The molecule has 1 saturated heterocycles. The molecule has 1 amide bonds. The van der Waals surface area contributed by atoms with Gasteiger partial charge in [-0.15, -0.1) is 11.3 Å². The van der Waals surface area contributed by atoms with Crippen LogP contribution in [0.3, 0.4) is 0 Å². The lowest BCUT2D eigenvalue weighted by atomic mass is 9.88. The average molecular weight is 380 g/mol. The van der Waals surface area contributed by atoms with Crippen LogP contribution in [0.15, 0.2) is 0 Å². The van der Waals surface area contributed by atoms with Gasteiger partial charge in [0.25, 0.3) is 5.91 Å². The largest absolute Gasteiger partial charge is 0.462 e. The first-order valence-corrected chi connectivity index (χ1v) is 10.8. The van der Waals surface area contributed by atoms with Gasteiger partial charge >= 0.3 is 5.97 Å². The van der Waals surface area contributed by atoms with Gasteiger partial charge in [-0.2, -0.15) is 0 Å². The summed E-state index contributed by atoms with van der Waals surface area (Å²) in [5.74, 6) is 0.331. The number of carbonyl (C=O) groups is 2. The normalized spacial score (nSPS) is 25.4. The summed E-state index contributed by atoms with van der Waals surface area (Å²) in [4.78, 5) is 27.8. The predicted octanol–water partition coefficient (Wildman–Crippen LogP) is 2.45. The number of nitrogens with one attached hydrogen (secondary N) is 2. The van der Waals surface area contributed by atoms with E-state index in [0.717, 1.165) is 31.4 Å². The molecule has 3 atom stereocenters. The van der Waals surface area contributed by atoms with E-state index in [-0.39, 0.29) is 11.9 Å². The quantitative estimate of drug-likeness (QED) is 0.773. The number of carbonyl (C=O) groups excluding carboxylic acids is 2. The zero-order valence-corrected chi connectivity index (χ0v) is 17.0. The number of ether oxygens (including phenoxy) is 1. The standard InChI is InChI=1S/C20H30N2O3S/c1-4-25-20(24)18-15-9-8-13(2)11-16(15)26-19(18)21-17(23)12-22-10-6-5-7-14(22)3/h13-14H,4-12H2,1-3H3,(H,21,23)/p+1/t13-,14-/m1/s1. The van der Waals surface area contributed by atoms with Crippen LogP contribution in [0.2, 0.25) is 0 Å². The fraction of sp³-hybridized carbons (Fsp3) is 0.700. The first kappa shape index (κ1) is 19.4. The fourth-order valence-corrected chi connectivity index (χ4v) is 5.57. The summed E-state index contributed by atoms with van der Waals surface area (Å²) in [7, 11) is 0. The van der Waals surface area contributed by atoms with Gasteiger partial charge in [0.05, 0.1) is 24.8 Å². The molecule has 1 aromatic rings. The Bertz CT molecular complexity index is 670. The van der Waals surface area contributed by atoms with Gasteiger partial charge in [0.2, 0.25) is 0 Å². The van der Waals surface area contributed by atoms with Gasteiger partial charge in [-0.05, 0) is 63.9 Å². The molecule has 2 heterocycles. The summed E-state index contributed by atoms with van der Waals surface area (Å²) in [5, 5.41) is 3.74. The van der Waals surface area contributed by atoms with Gasteiger partial charge < -0.3 is 15.0 Å². The number of amides is 1. The van der Waals surface area contributed by atoms with Crippen LogP contribution in [0.4, 0.5) is 5.00 Å². The van der Waals surface area contributed by atoms with Crippen molar-refractivity contribution in [3.8, 4) is 0 Å². The van der Waals surface area contributed by atoms with Crippen molar-refractivity contribution >= 4 is 28.2 Å². The average Bonchev–Trinajstić information content (AvgIpc) is 2.93. The summed E-state index contributed by atoms with van der Waals surface area (Å²) >= 11 is 1.57. The maximum absolute atomic E-state index is 12.7. The van der Waals surface area contributed by atoms with Crippen molar-refractivity contribution < 1.29 is 19.2 Å². The Labute approximate surface area is 160 Å². The van der Waals surface area contributed by atoms with Crippen molar-refractivity contribution in [2.24, 2.45) is 5.92 Å². The van der Waals surface area contributed by atoms with Crippen molar-refractivity contribution in [1.82, 2.24) is 0 Å². The first-order chi connectivity index (χ1) is 12.5. The lowest BCUT2D eigenvalue weighted by Gasteiger charge is -2.29. The Morgan fingerprint density at radius 3 is 2.81 bits per heavy atom. The van der Waals surface area contributed by atoms with Crippen LogP contribution in [0.1, 0.15) is 67.3 Å². The highest BCUT2D eigenvalue weighted by atomic mass is 32.1. The molecule has 0 spiro atoms. The van der Waals surface area contributed by atoms with Crippen molar-refractivity contribution in [1.29, 1.82) is 0 Å². The Morgan fingerprint density at radius 2 is 2.08 bits per heavy atom. The molecule has 2 aliphatic rings. The molecule has 6 heteroatoms. The Hall–Kier alpha value is -1.40. The van der Waals surface area contributed by atoms with Crippen LogP contribution in [0.5, 0.6) is 0 Å². The summed E-state index contributed by atoms with van der Waals surface area (Å²) in [6, 6.07) is 0.524. The van der Waals surface area contributed by atoms with E-state index in [2.05, 4.69) is 19.2 Å². The van der Waals surface area contributed by atoms with E-state index in [4.69, 9.17) is 4.74 Å². The number of esters is 1. The molecule has 1 aliphatic carbocycles. The molecule has 1 unspecified atom stereocenters. The Balaban J connectivity index is 1.77. The third-order valence-electron chi connectivity index (χ3n) is 5.71. The van der Waals surface area contributed by atoms with E-state index in [1.165, 1.54) is 29.0 Å². The van der Waals surface area contributed by atoms with Gasteiger partial charge in [-0.1, -0.05) is 6.92 Å². The number of fused-ring (bicyclic) bond motifs is 1. The predicted molar refractivity (Wildman–Crippen MR) is 104 cm³/mol. The molecule has 0 saturated carbocycles. The SMILES string of the molecule is CCOC(=O)c1c(NC(=O)C[NH+]2CCCC[C@H]2C)sc2c1CC[C@@H](C)C2. The van der Waals surface area contributed by atoms with Crippen LogP contribution in [-0.4, -0.2) is 37.6 Å². The summed E-state index contributed by atoms with van der Waals surface area (Å²) < 4.78 is 5.28. The highest BCUT2D eigenvalue weighted by Gasteiger charge is 2.30. The Morgan fingerprint density at radius 1 is 1.27 bits per heavy atom. The molecule has 0 radical (unpaired) electrons. The molecule has 144 valence electrons. The van der Waals surface area contributed by atoms with E-state index >= 15 is 0 Å². The molecular formula is C20H31N2O3S+. The fourth-order valence-electron chi connectivity index (χ4n) is 4.15. The van der Waals surface area contributed by atoms with Crippen LogP contribution in [0.25, 0.3) is 0 Å². The van der Waals surface area contributed by atoms with Gasteiger partial charge in [-0.3, -0.25) is 4.79 Å². The molecule has 26 heavy (non-hydrogen) atoms. The third-order valence-corrected chi connectivity index (χ3v) is 6.88. The minimum Gasteiger partial charge on any atom is -0.462 e. The minimum atomic E-state index is -0.298. The molecule has 1 fully saturated rings. The second-order valence-corrected chi connectivity index (χ2v) is 8.91. The van der Waals surface area contributed by atoms with Crippen LogP contribution in [-0.2, 0) is 22.4 Å². The van der Waals surface area contributed by atoms with Gasteiger partial charge in [0, 0.05) is 4.88 Å². The van der Waals surface area contributed by atoms with Gasteiger partial charge in [0.1, 0.15) is 5.00 Å². The number of likely N-dealkylation sites (tertiary alicyclic amines) is 1. The third kappa shape index (κ3) is 4.29. The molecule has 1 aromatic heterocycles. The van der Waals surface area contributed by atoms with E-state index in [0.29, 0.717) is 35.7 Å². The number of quaternary nitrogens is 1. The zero-order chi connectivity index (χ0) is 18.7. The molecule has 0 aromatic carbocycles. The smallest absolute Gasteiger partial charge is 0.341 e. The number of hydrogen-bond donors (Lipinski definition) is 2. The van der Waals surface area contributed by atoms with Gasteiger partial charge in [-0.25, -0.2) is 4.79 Å². The number of piperidine rings is 1. The topological polar surface area (TPSA) is 59.8 Å². The highest BCUT2D eigenvalue weighted by molar-refractivity contribution is 7.17. The lowest BCUT2D eigenvalue weighted by molar-refractivity contribution is -0.920. The van der Waals surface area contributed by atoms with Crippen LogP contribution >= 0.6 is 11.3 Å². The highest BCUT2D eigenvalue weighted by Crippen LogP contribution is 2.40.